The Kier molecular flexibility index (Phi) is 6.73. The van der Waals surface area contributed by atoms with E-state index in [1.54, 1.807) is 26.5 Å². The summed E-state index contributed by atoms with van der Waals surface area (Å²) in [6.07, 6.45) is 1.77. The number of hydrogen-bond acceptors (Lipinski definition) is 6. The summed E-state index contributed by atoms with van der Waals surface area (Å²) in [5.41, 5.74) is 5.13. The van der Waals surface area contributed by atoms with E-state index in [4.69, 9.17) is 21.7 Å². The van der Waals surface area contributed by atoms with Crippen molar-refractivity contribution < 1.29 is 14.4 Å². The van der Waals surface area contributed by atoms with Crippen molar-refractivity contribution in [2.45, 2.75) is 25.9 Å². The fourth-order valence-corrected chi connectivity index (χ4v) is 5.48. The van der Waals surface area contributed by atoms with Gasteiger partial charge in [0.2, 0.25) is 0 Å². The molecule has 3 heterocycles. The van der Waals surface area contributed by atoms with Crippen molar-refractivity contribution in [3.63, 3.8) is 0 Å². The molecule has 0 unspecified atom stereocenters. The van der Waals surface area contributed by atoms with E-state index < -0.39 is 4.92 Å². The topological polar surface area (TPSA) is 94.7 Å². The number of rotatable bonds is 7. The van der Waals surface area contributed by atoms with E-state index in [1.165, 1.54) is 12.1 Å². The maximum Gasteiger partial charge on any atom is 0.271 e. The number of nitrogens with one attached hydrogen (secondary N) is 1. The Bertz CT molecular complexity index is 1520. The molecule has 5 rings (SSSR count). The Hall–Kier alpha value is -4.44. The van der Waals surface area contributed by atoms with Crippen molar-refractivity contribution in [3.05, 3.63) is 106 Å². The Labute approximate surface area is 225 Å². The molecule has 2 aromatic carbocycles. The minimum Gasteiger partial charge on any atom is -0.497 e. The summed E-state index contributed by atoms with van der Waals surface area (Å²) >= 11 is 5.86. The summed E-state index contributed by atoms with van der Waals surface area (Å²) in [6, 6.07) is 19.8. The summed E-state index contributed by atoms with van der Waals surface area (Å²) in [5.74, 6) is 1.26. The second kappa shape index (κ2) is 10.1. The first-order chi connectivity index (χ1) is 18.3. The lowest BCUT2D eigenvalue weighted by Gasteiger charge is -2.28. The van der Waals surface area contributed by atoms with Gasteiger partial charge in [0, 0.05) is 41.5 Å². The summed E-state index contributed by atoms with van der Waals surface area (Å²) in [4.78, 5) is 17.9. The highest BCUT2D eigenvalue weighted by Gasteiger charge is 2.42. The molecule has 1 aliphatic heterocycles. The lowest BCUT2D eigenvalue weighted by molar-refractivity contribution is -0.384. The predicted octanol–water partition coefficient (Wildman–Crippen LogP) is 5.59. The third-order valence-electron chi connectivity index (χ3n) is 6.83. The molecular formula is C28H27N5O4S. The molecule has 38 heavy (non-hydrogen) atoms. The van der Waals surface area contributed by atoms with Crippen LogP contribution in [0.4, 0.5) is 11.4 Å². The van der Waals surface area contributed by atoms with Gasteiger partial charge in [-0.25, -0.2) is 0 Å². The molecule has 0 amide bonds. The number of aromatic nitrogens is 2. The van der Waals surface area contributed by atoms with Crippen LogP contribution in [-0.4, -0.2) is 33.8 Å². The smallest absolute Gasteiger partial charge is 0.271 e. The van der Waals surface area contributed by atoms with Crippen molar-refractivity contribution in [3.8, 4) is 17.2 Å². The number of nitro groups is 1. The van der Waals surface area contributed by atoms with Crippen LogP contribution in [0.15, 0.2) is 72.9 Å². The average molecular weight is 530 g/mol. The first-order valence-corrected chi connectivity index (χ1v) is 12.4. The van der Waals surface area contributed by atoms with Crippen LogP contribution in [0.1, 0.15) is 34.7 Å². The second-order valence-electron chi connectivity index (χ2n) is 8.97. The Morgan fingerprint density at radius 1 is 1.03 bits per heavy atom. The number of non-ortho nitro benzene ring substituents is 1. The summed E-state index contributed by atoms with van der Waals surface area (Å²) in [7, 11) is 3.19. The van der Waals surface area contributed by atoms with Crippen LogP contribution >= 0.6 is 12.2 Å². The molecule has 1 saturated heterocycles. The van der Waals surface area contributed by atoms with E-state index in [1.807, 2.05) is 60.9 Å². The van der Waals surface area contributed by atoms with E-state index >= 15 is 0 Å². The van der Waals surface area contributed by atoms with E-state index in [9.17, 15) is 10.1 Å². The van der Waals surface area contributed by atoms with Crippen molar-refractivity contribution in [2.24, 2.45) is 0 Å². The van der Waals surface area contributed by atoms with Gasteiger partial charge in [-0.15, -0.1) is 0 Å². The normalized spacial score (nSPS) is 16.8. The molecule has 0 saturated carbocycles. The van der Waals surface area contributed by atoms with Gasteiger partial charge >= 0.3 is 0 Å². The zero-order valence-corrected chi connectivity index (χ0v) is 22.2. The first kappa shape index (κ1) is 25.2. The molecule has 1 fully saturated rings. The maximum atomic E-state index is 11.6. The molecule has 9 nitrogen and oxygen atoms in total. The van der Waals surface area contributed by atoms with Crippen LogP contribution < -0.4 is 19.7 Å². The van der Waals surface area contributed by atoms with E-state index in [-0.39, 0.29) is 17.8 Å². The molecule has 194 valence electrons. The van der Waals surface area contributed by atoms with Gasteiger partial charge in [0.15, 0.2) is 5.11 Å². The third-order valence-corrected chi connectivity index (χ3v) is 7.15. The molecule has 4 aromatic rings. The molecule has 0 radical (unpaired) electrons. The lowest BCUT2D eigenvalue weighted by Crippen LogP contribution is -2.29. The van der Waals surface area contributed by atoms with Crippen LogP contribution in [0.25, 0.3) is 5.69 Å². The number of anilines is 1. The number of benzene rings is 2. The maximum absolute atomic E-state index is 11.6. The first-order valence-electron chi connectivity index (χ1n) is 12.0. The van der Waals surface area contributed by atoms with Crippen molar-refractivity contribution in [1.82, 2.24) is 14.9 Å². The summed E-state index contributed by atoms with van der Waals surface area (Å²) in [5, 5.41) is 15.6. The van der Waals surface area contributed by atoms with E-state index in [0.717, 1.165) is 34.1 Å². The van der Waals surface area contributed by atoms with E-state index in [0.29, 0.717) is 16.5 Å². The standard InChI is InChI=1S/C28H27N5O4S/c1-17-14-22(18(2)31(17)24-16-20(33(34)35)11-12-25(24)37-4)27-26(23-10-5-6-13-29-23)30-28(38)32(27)19-8-7-9-21(15-19)36-3/h5-16,26-27H,1-4H3,(H,30,38)/t26-,27+/m0/s1. The SMILES string of the molecule is COc1cccc(N2C(=S)N[C@@H](c3ccccn3)[C@H]2c2cc(C)n(-c3cc([N+](=O)[O-])ccc3OC)c2C)c1. The Morgan fingerprint density at radius 3 is 2.53 bits per heavy atom. The van der Waals surface area contributed by atoms with Gasteiger partial charge in [-0.2, -0.15) is 0 Å². The largest absolute Gasteiger partial charge is 0.497 e. The van der Waals surface area contributed by atoms with Crippen molar-refractivity contribution in [2.75, 3.05) is 19.1 Å². The van der Waals surface area contributed by atoms with Crippen molar-refractivity contribution in [1.29, 1.82) is 0 Å². The van der Waals surface area contributed by atoms with Crippen LogP contribution in [0, 0.1) is 24.0 Å². The van der Waals surface area contributed by atoms with Crippen LogP contribution in [0.3, 0.4) is 0 Å². The van der Waals surface area contributed by atoms with Crippen LogP contribution in [-0.2, 0) is 0 Å². The van der Waals surface area contributed by atoms with Gasteiger partial charge in [0.1, 0.15) is 11.5 Å². The molecule has 1 aliphatic rings. The minimum absolute atomic E-state index is 0.0112. The van der Waals surface area contributed by atoms with Crippen LogP contribution in [0.5, 0.6) is 11.5 Å². The number of hydrogen-bond donors (Lipinski definition) is 1. The highest BCUT2D eigenvalue weighted by Crippen LogP contribution is 2.45. The fraction of sp³-hybridized carbons (Fsp3) is 0.214. The van der Waals surface area contributed by atoms with Crippen molar-refractivity contribution >= 4 is 28.7 Å². The Morgan fingerprint density at radius 2 is 1.84 bits per heavy atom. The number of nitro benzene ring substituents is 1. The number of methoxy groups -OCH3 is 2. The number of thiocarbonyl (C=S) groups is 1. The molecule has 10 heteroatoms. The quantitative estimate of drug-likeness (QED) is 0.188. The molecular weight excluding hydrogens is 502 g/mol. The minimum atomic E-state index is -0.404. The molecule has 2 atom stereocenters. The van der Waals surface area contributed by atoms with Gasteiger partial charge in [0.25, 0.3) is 5.69 Å². The van der Waals surface area contributed by atoms with Gasteiger partial charge in [-0.3, -0.25) is 15.1 Å². The molecule has 0 bridgehead atoms. The molecule has 1 N–H and O–H groups in total. The lowest BCUT2D eigenvalue weighted by atomic mass is 9.96. The second-order valence-corrected chi connectivity index (χ2v) is 9.36. The average Bonchev–Trinajstić information content (AvgIpc) is 3.43. The third kappa shape index (κ3) is 4.32. The Balaban J connectivity index is 1.71. The van der Waals surface area contributed by atoms with E-state index in [2.05, 4.69) is 21.3 Å². The van der Waals surface area contributed by atoms with Gasteiger partial charge in [-0.1, -0.05) is 12.1 Å². The molecule has 2 aromatic heterocycles. The monoisotopic (exact) mass is 529 g/mol. The van der Waals surface area contributed by atoms with Crippen LogP contribution in [0.2, 0.25) is 0 Å². The zero-order valence-electron chi connectivity index (χ0n) is 21.4. The highest BCUT2D eigenvalue weighted by atomic mass is 32.1. The number of pyridine rings is 1. The number of nitrogens with zero attached hydrogens (tertiary/aromatic N) is 4. The number of ether oxygens (including phenoxy) is 2. The number of aryl methyl sites for hydroxylation is 1. The van der Waals surface area contributed by atoms with Gasteiger partial charge in [0.05, 0.1) is 42.6 Å². The highest BCUT2D eigenvalue weighted by molar-refractivity contribution is 7.80. The predicted molar refractivity (Wildman–Crippen MR) is 149 cm³/mol. The summed E-state index contributed by atoms with van der Waals surface area (Å²) < 4.78 is 13.1. The molecule has 0 spiro atoms. The van der Waals surface area contributed by atoms with Gasteiger partial charge < -0.3 is 24.3 Å². The fourth-order valence-electron chi connectivity index (χ4n) is 5.13. The zero-order chi connectivity index (χ0) is 27.0. The summed E-state index contributed by atoms with van der Waals surface area (Å²) in [6.45, 7) is 3.97. The molecule has 0 aliphatic carbocycles. The van der Waals surface area contributed by atoms with Gasteiger partial charge in [-0.05, 0) is 68.0 Å².